The molecule has 1 aromatic heterocycles. The molecule has 320 valence electrons. The lowest BCUT2D eigenvalue weighted by Crippen LogP contribution is -2.59. The van der Waals surface area contributed by atoms with Crippen molar-refractivity contribution in [3.05, 3.63) is 60.1 Å². The van der Waals surface area contributed by atoms with Crippen LogP contribution in [0.15, 0.2) is 53.1 Å². The Kier molecular flexibility index (Phi) is 17.5. The fourth-order valence-electron chi connectivity index (χ4n) is 6.31. The average Bonchev–Trinajstić information content (AvgIpc) is 3.85. The Morgan fingerprint density at radius 1 is 0.897 bits per heavy atom. The van der Waals surface area contributed by atoms with E-state index in [4.69, 9.17) is 13.9 Å². The number of Topliss-reactive ketones (excluding diaryl/α,β-unsaturated/α-hetero) is 1. The van der Waals surface area contributed by atoms with E-state index in [1.807, 2.05) is 41.5 Å². The van der Waals surface area contributed by atoms with Crippen molar-refractivity contribution in [2.75, 3.05) is 26.2 Å². The molecular weight excluding hydrogens is 748 g/mol. The number of likely N-dealkylation sites (tertiary alicyclic amines) is 1. The second-order valence-electron chi connectivity index (χ2n) is 17.0. The number of carbonyl (C=O) groups excluding carboxylic acids is 7. The monoisotopic (exact) mass is 810 g/mol. The number of hydrogen-bond acceptors (Lipinski definition) is 10. The summed E-state index contributed by atoms with van der Waals surface area (Å²) in [6.45, 7) is 16.2. The molecule has 2 aromatic rings. The van der Waals surface area contributed by atoms with E-state index in [-0.39, 0.29) is 44.2 Å². The van der Waals surface area contributed by atoms with Gasteiger partial charge in [-0.2, -0.15) is 0 Å². The van der Waals surface area contributed by atoms with Gasteiger partial charge in [-0.3, -0.25) is 28.8 Å². The fraction of sp³-hybridized carbons (Fsp3) is 0.595. The minimum Gasteiger partial charge on any atom is -0.459 e. The molecule has 0 bridgehead atoms. The van der Waals surface area contributed by atoms with Crippen molar-refractivity contribution >= 4 is 41.4 Å². The van der Waals surface area contributed by atoms with Crippen molar-refractivity contribution in [3.63, 3.8) is 0 Å². The first-order valence-electron chi connectivity index (χ1n) is 19.9. The average molecular weight is 811 g/mol. The third-order valence-electron chi connectivity index (χ3n) is 9.15. The molecule has 0 spiro atoms. The van der Waals surface area contributed by atoms with Gasteiger partial charge in [0.25, 0.3) is 11.8 Å². The van der Waals surface area contributed by atoms with E-state index in [9.17, 15) is 33.6 Å². The van der Waals surface area contributed by atoms with Gasteiger partial charge in [0.15, 0.2) is 5.76 Å². The van der Waals surface area contributed by atoms with Crippen LogP contribution >= 0.6 is 0 Å². The maximum absolute atomic E-state index is 14.3. The number of carbonyl (C=O) groups is 7. The van der Waals surface area contributed by atoms with Crippen molar-refractivity contribution in [2.45, 2.75) is 124 Å². The summed E-state index contributed by atoms with van der Waals surface area (Å²) in [4.78, 5) is 94.9. The van der Waals surface area contributed by atoms with E-state index in [1.54, 1.807) is 57.2 Å². The smallest absolute Gasteiger partial charge is 0.407 e. The Labute approximate surface area is 341 Å². The molecule has 5 atom stereocenters. The molecule has 5 unspecified atom stereocenters. The van der Waals surface area contributed by atoms with Crippen LogP contribution in [0.25, 0.3) is 0 Å². The maximum atomic E-state index is 14.3. The lowest BCUT2D eigenvalue weighted by Gasteiger charge is -2.35. The predicted molar refractivity (Wildman–Crippen MR) is 215 cm³/mol. The molecule has 16 nitrogen and oxygen atoms in total. The number of nitrogens with one attached hydrogen (secondary N) is 5. The molecule has 3 rings (SSSR count). The van der Waals surface area contributed by atoms with Crippen LogP contribution in [-0.2, 0) is 33.4 Å². The predicted octanol–water partition coefficient (Wildman–Crippen LogP) is 3.81. The van der Waals surface area contributed by atoms with Gasteiger partial charge in [-0.05, 0) is 56.2 Å². The molecule has 1 aromatic carbocycles. The molecule has 0 saturated carbocycles. The summed E-state index contributed by atoms with van der Waals surface area (Å²) < 4.78 is 16.6. The number of furan rings is 1. The number of hydrogen-bond donors (Lipinski definition) is 5. The third kappa shape index (κ3) is 14.9. The minimum absolute atomic E-state index is 0.00437. The van der Waals surface area contributed by atoms with Crippen LogP contribution in [-0.4, -0.2) is 102 Å². The van der Waals surface area contributed by atoms with Gasteiger partial charge in [0.1, 0.15) is 12.1 Å². The largest absolute Gasteiger partial charge is 0.459 e. The topological polar surface area (TPSA) is 214 Å². The highest BCUT2D eigenvalue weighted by Crippen LogP contribution is 2.29. The van der Waals surface area contributed by atoms with Gasteiger partial charge in [0, 0.05) is 19.5 Å². The first-order valence-corrected chi connectivity index (χ1v) is 19.9. The second-order valence-corrected chi connectivity index (χ2v) is 17.0. The molecule has 1 aliphatic rings. The fourth-order valence-corrected chi connectivity index (χ4v) is 6.31. The van der Waals surface area contributed by atoms with Gasteiger partial charge in [-0.1, -0.05) is 84.7 Å². The van der Waals surface area contributed by atoms with Crippen LogP contribution in [0.5, 0.6) is 0 Å². The summed E-state index contributed by atoms with van der Waals surface area (Å²) in [7, 11) is 0. The van der Waals surface area contributed by atoms with Gasteiger partial charge < -0.3 is 45.4 Å². The molecule has 16 heteroatoms. The summed E-state index contributed by atoms with van der Waals surface area (Å²) in [5.74, 6) is -4.15. The lowest BCUT2D eigenvalue weighted by atomic mass is 9.85. The number of benzene rings is 1. The Hall–Kier alpha value is -5.25. The molecule has 58 heavy (non-hydrogen) atoms. The SMILES string of the molecule is CCCCC(NC(=O)C1CC(OC(C)(C)C)CN1C(=O)C(NC(=O)OCC(C)C)C(C)(C)C)C(=O)C(=O)NCC(=O)NC(CNC(=O)c1ccco1)c1ccccc1. The van der Waals surface area contributed by atoms with Crippen LogP contribution in [0.1, 0.15) is 110 Å². The summed E-state index contributed by atoms with van der Waals surface area (Å²) in [5.41, 5.74) is -0.700. The Morgan fingerprint density at radius 3 is 2.17 bits per heavy atom. The molecule has 5 N–H and O–H groups in total. The molecule has 1 fully saturated rings. The van der Waals surface area contributed by atoms with Gasteiger partial charge in [-0.15, -0.1) is 0 Å². The minimum atomic E-state index is -1.26. The maximum Gasteiger partial charge on any atom is 0.407 e. The van der Waals surface area contributed by atoms with E-state index >= 15 is 0 Å². The van der Waals surface area contributed by atoms with Gasteiger partial charge in [0.2, 0.25) is 23.5 Å². The Bertz CT molecular complexity index is 1700. The zero-order chi connectivity index (χ0) is 43.2. The molecule has 1 saturated heterocycles. The van der Waals surface area contributed by atoms with Crippen LogP contribution in [0, 0.1) is 11.3 Å². The van der Waals surface area contributed by atoms with Gasteiger partial charge in [0.05, 0.1) is 43.2 Å². The molecule has 1 aliphatic heterocycles. The third-order valence-corrected chi connectivity index (χ3v) is 9.15. The van der Waals surface area contributed by atoms with E-state index in [0.29, 0.717) is 18.4 Å². The van der Waals surface area contributed by atoms with E-state index in [1.165, 1.54) is 17.2 Å². The number of nitrogens with zero attached hydrogens (tertiary/aromatic N) is 1. The van der Waals surface area contributed by atoms with Crippen molar-refractivity contribution in [1.82, 2.24) is 31.5 Å². The quantitative estimate of drug-likeness (QED) is 0.129. The lowest BCUT2D eigenvalue weighted by molar-refractivity contribution is -0.144. The van der Waals surface area contributed by atoms with Crippen molar-refractivity contribution < 1.29 is 47.5 Å². The zero-order valence-corrected chi connectivity index (χ0v) is 35.3. The first-order chi connectivity index (χ1) is 27.2. The number of rotatable bonds is 19. The number of ether oxygens (including phenoxy) is 2. The number of alkyl carbamates (subject to hydrolysis) is 1. The number of amides is 6. The molecular formula is C42H62N6O10. The molecule has 0 radical (unpaired) electrons. The van der Waals surface area contributed by atoms with Crippen molar-refractivity contribution in [3.8, 4) is 0 Å². The van der Waals surface area contributed by atoms with Gasteiger partial charge in [-0.25, -0.2) is 4.79 Å². The van der Waals surface area contributed by atoms with Crippen LogP contribution in [0.2, 0.25) is 0 Å². The Morgan fingerprint density at radius 2 is 1.59 bits per heavy atom. The standard InChI is InChI=1S/C42H62N6O10/c1-10-11-18-29(34(50)38(53)44-23-33(49)45-30(27-16-13-12-14-17-27)22-43-37(52)32-19-15-20-56-32)46-36(51)31-21-28(58-42(7,8)9)24-48(31)39(54)35(41(4,5)6)47-40(55)57-25-26(2)3/h12-17,19-20,26,28-31,35H,10-11,18,21-25H2,1-9H3,(H,43,52)(H,44,53)(H,45,49)(H,46,51)(H,47,55). The summed E-state index contributed by atoms with van der Waals surface area (Å²) >= 11 is 0. The highest BCUT2D eigenvalue weighted by Gasteiger charge is 2.47. The first kappa shape index (κ1) is 47.1. The highest BCUT2D eigenvalue weighted by atomic mass is 16.5. The van der Waals surface area contributed by atoms with E-state index in [2.05, 4.69) is 26.6 Å². The van der Waals surface area contributed by atoms with Crippen LogP contribution in [0.3, 0.4) is 0 Å². The van der Waals surface area contributed by atoms with Crippen LogP contribution in [0.4, 0.5) is 4.79 Å². The molecule has 6 amide bonds. The Balaban J connectivity index is 1.74. The van der Waals surface area contributed by atoms with Gasteiger partial charge >= 0.3 is 6.09 Å². The molecule has 2 heterocycles. The molecule has 0 aliphatic carbocycles. The highest BCUT2D eigenvalue weighted by molar-refractivity contribution is 6.38. The zero-order valence-electron chi connectivity index (χ0n) is 35.3. The number of ketones is 1. The van der Waals surface area contributed by atoms with E-state index in [0.717, 1.165) is 0 Å². The number of unbranched alkanes of at least 4 members (excludes halogenated alkanes) is 1. The summed E-state index contributed by atoms with van der Waals surface area (Å²) in [6, 6.07) is 7.87. The normalized spacial score (nSPS) is 17.1. The van der Waals surface area contributed by atoms with E-state index < -0.39 is 89.2 Å². The summed E-state index contributed by atoms with van der Waals surface area (Å²) in [5, 5.41) is 13.3. The van der Waals surface area contributed by atoms with Crippen LogP contribution < -0.4 is 26.6 Å². The second kappa shape index (κ2) is 21.5. The van der Waals surface area contributed by atoms with Crippen molar-refractivity contribution in [1.29, 1.82) is 0 Å². The summed E-state index contributed by atoms with van der Waals surface area (Å²) in [6.07, 6.45) is 1.44. The van der Waals surface area contributed by atoms with Crippen molar-refractivity contribution in [2.24, 2.45) is 11.3 Å².